The maximum atomic E-state index is 13.0. The first-order valence-corrected chi connectivity index (χ1v) is 8.72. The lowest BCUT2D eigenvalue weighted by molar-refractivity contribution is 0.262. The van der Waals surface area contributed by atoms with Crippen LogP contribution >= 0.6 is 0 Å². The summed E-state index contributed by atoms with van der Waals surface area (Å²) in [7, 11) is -0.527. The van der Waals surface area contributed by atoms with E-state index in [1.165, 1.54) is 18.5 Å². The molecule has 0 spiro atoms. The van der Waals surface area contributed by atoms with E-state index in [4.69, 9.17) is 9.47 Å². The molecule has 0 aromatic heterocycles. The first-order chi connectivity index (χ1) is 10.3. The summed E-state index contributed by atoms with van der Waals surface area (Å²) in [4.78, 5) is 0.270. The molecule has 1 heterocycles. The highest BCUT2D eigenvalue weighted by Gasteiger charge is 2.33. The first-order valence-electron chi connectivity index (χ1n) is 7.28. The van der Waals surface area contributed by atoms with Gasteiger partial charge in [0.2, 0.25) is 10.0 Å². The number of nitrogens with one attached hydrogen (secondary N) is 1. The van der Waals surface area contributed by atoms with E-state index in [0.717, 1.165) is 0 Å². The van der Waals surface area contributed by atoms with Gasteiger partial charge in [-0.2, -0.15) is 4.31 Å². The number of nitrogens with zero attached hydrogens (tertiary/aromatic N) is 1. The van der Waals surface area contributed by atoms with Gasteiger partial charge in [-0.25, -0.2) is 8.42 Å². The van der Waals surface area contributed by atoms with Gasteiger partial charge in [-0.1, -0.05) is 0 Å². The summed E-state index contributed by atoms with van der Waals surface area (Å²) in [6.45, 7) is 6.66. The molecule has 2 atom stereocenters. The van der Waals surface area contributed by atoms with Gasteiger partial charge in [0.15, 0.2) is 11.5 Å². The summed E-state index contributed by atoms with van der Waals surface area (Å²) in [5, 5.41) is 3.34. The second kappa shape index (κ2) is 6.44. The van der Waals surface area contributed by atoms with E-state index < -0.39 is 10.0 Å². The molecule has 124 valence electrons. The number of sulfonamides is 1. The van der Waals surface area contributed by atoms with Crippen molar-refractivity contribution in [3.05, 3.63) is 17.7 Å². The highest BCUT2D eigenvalue weighted by Crippen LogP contribution is 2.33. The van der Waals surface area contributed by atoms with Gasteiger partial charge < -0.3 is 14.8 Å². The van der Waals surface area contributed by atoms with E-state index in [1.807, 2.05) is 13.8 Å². The minimum Gasteiger partial charge on any atom is -0.493 e. The lowest BCUT2D eigenvalue weighted by Gasteiger charge is -2.35. The smallest absolute Gasteiger partial charge is 0.243 e. The van der Waals surface area contributed by atoms with Crippen LogP contribution in [0.3, 0.4) is 0 Å². The third-order valence-electron chi connectivity index (χ3n) is 3.82. The van der Waals surface area contributed by atoms with E-state index in [0.29, 0.717) is 30.2 Å². The van der Waals surface area contributed by atoms with E-state index in [1.54, 1.807) is 19.1 Å². The maximum absolute atomic E-state index is 13.0. The Kier molecular flexibility index (Phi) is 4.99. The predicted molar refractivity (Wildman–Crippen MR) is 85.1 cm³/mol. The molecule has 1 aromatic carbocycles. The van der Waals surface area contributed by atoms with Crippen LogP contribution in [0.4, 0.5) is 0 Å². The lowest BCUT2D eigenvalue weighted by Crippen LogP contribution is -2.55. The topological polar surface area (TPSA) is 67.9 Å². The Morgan fingerprint density at radius 2 is 1.59 bits per heavy atom. The number of aryl methyl sites for hydroxylation is 1. The summed E-state index contributed by atoms with van der Waals surface area (Å²) >= 11 is 0. The normalized spacial score (nSPS) is 23.3. The third-order valence-corrected chi connectivity index (χ3v) is 5.80. The Morgan fingerprint density at radius 3 is 2.09 bits per heavy atom. The first kappa shape index (κ1) is 17.1. The molecule has 2 rings (SSSR count). The van der Waals surface area contributed by atoms with Crippen LogP contribution in [0.25, 0.3) is 0 Å². The van der Waals surface area contributed by atoms with Crippen LogP contribution in [0.1, 0.15) is 19.4 Å². The van der Waals surface area contributed by atoms with Gasteiger partial charge >= 0.3 is 0 Å². The Hall–Kier alpha value is -1.31. The zero-order chi connectivity index (χ0) is 16.5. The molecule has 1 aliphatic heterocycles. The average Bonchev–Trinajstić information content (AvgIpc) is 2.45. The van der Waals surface area contributed by atoms with E-state index in [2.05, 4.69) is 5.32 Å². The molecule has 1 fully saturated rings. The SMILES string of the molecule is COc1cc(C)c(S(=O)(=O)N2CC(C)NC(C)C2)cc1OC. The molecule has 1 N–H and O–H groups in total. The van der Waals surface area contributed by atoms with Crippen LogP contribution in [-0.2, 0) is 10.0 Å². The van der Waals surface area contributed by atoms with Crippen LogP contribution in [0, 0.1) is 6.92 Å². The van der Waals surface area contributed by atoms with Gasteiger partial charge in [-0.3, -0.25) is 0 Å². The number of piperazine rings is 1. The van der Waals surface area contributed by atoms with Gasteiger partial charge in [0.05, 0.1) is 19.1 Å². The Bertz CT molecular complexity index is 635. The minimum atomic E-state index is -3.56. The number of benzene rings is 1. The van der Waals surface area contributed by atoms with Gasteiger partial charge in [0.1, 0.15) is 0 Å². The van der Waals surface area contributed by atoms with Crippen molar-refractivity contribution in [3.63, 3.8) is 0 Å². The standard InChI is InChI=1S/C15H24N2O4S/c1-10-6-13(20-4)14(21-5)7-15(10)22(18,19)17-8-11(2)16-12(3)9-17/h6-7,11-12,16H,8-9H2,1-5H3. The molecule has 22 heavy (non-hydrogen) atoms. The molecule has 1 aliphatic rings. The molecule has 0 aliphatic carbocycles. The average molecular weight is 328 g/mol. The van der Waals surface area contributed by atoms with Crippen molar-refractivity contribution in [3.8, 4) is 11.5 Å². The van der Waals surface area contributed by atoms with Crippen molar-refractivity contribution in [1.29, 1.82) is 0 Å². The molecular formula is C15H24N2O4S. The number of methoxy groups -OCH3 is 2. The van der Waals surface area contributed by atoms with Crippen molar-refractivity contribution >= 4 is 10.0 Å². The van der Waals surface area contributed by atoms with Crippen LogP contribution in [0.5, 0.6) is 11.5 Å². The van der Waals surface area contributed by atoms with Crippen molar-refractivity contribution in [2.45, 2.75) is 37.8 Å². The Balaban J connectivity index is 2.45. The zero-order valence-corrected chi connectivity index (χ0v) is 14.5. The monoisotopic (exact) mass is 328 g/mol. The predicted octanol–water partition coefficient (Wildman–Crippen LogP) is 1.38. The molecule has 2 unspecified atom stereocenters. The highest BCUT2D eigenvalue weighted by atomic mass is 32.2. The second-order valence-corrected chi connectivity index (χ2v) is 7.67. The fraction of sp³-hybridized carbons (Fsp3) is 0.600. The van der Waals surface area contributed by atoms with Crippen LogP contribution in [0.15, 0.2) is 17.0 Å². The molecule has 7 heteroatoms. The summed E-state index contributed by atoms with van der Waals surface area (Å²) in [6.07, 6.45) is 0. The Labute approximate surface area is 132 Å². The third kappa shape index (κ3) is 3.21. The summed E-state index contributed by atoms with van der Waals surface area (Å²) in [6, 6.07) is 3.49. The number of hydrogen-bond donors (Lipinski definition) is 1. The van der Waals surface area contributed by atoms with E-state index in [-0.39, 0.29) is 17.0 Å². The largest absolute Gasteiger partial charge is 0.493 e. The van der Waals surface area contributed by atoms with Crippen molar-refractivity contribution in [2.75, 3.05) is 27.3 Å². The van der Waals surface area contributed by atoms with Crippen molar-refractivity contribution < 1.29 is 17.9 Å². The highest BCUT2D eigenvalue weighted by molar-refractivity contribution is 7.89. The number of hydrogen-bond acceptors (Lipinski definition) is 5. The van der Waals surface area contributed by atoms with E-state index >= 15 is 0 Å². The maximum Gasteiger partial charge on any atom is 0.243 e. The zero-order valence-electron chi connectivity index (χ0n) is 13.7. The molecule has 6 nitrogen and oxygen atoms in total. The van der Waals surface area contributed by atoms with E-state index in [9.17, 15) is 8.42 Å². The summed E-state index contributed by atoms with van der Waals surface area (Å²) in [5.74, 6) is 0.948. The quantitative estimate of drug-likeness (QED) is 0.904. The molecule has 1 aromatic rings. The summed E-state index contributed by atoms with van der Waals surface area (Å²) < 4.78 is 37.9. The number of ether oxygens (including phenoxy) is 2. The van der Waals surface area contributed by atoms with Crippen LogP contribution in [-0.4, -0.2) is 52.1 Å². The van der Waals surface area contributed by atoms with Gasteiger partial charge in [-0.15, -0.1) is 0 Å². The van der Waals surface area contributed by atoms with Crippen molar-refractivity contribution in [1.82, 2.24) is 9.62 Å². The van der Waals surface area contributed by atoms with Gasteiger partial charge in [0, 0.05) is 31.2 Å². The van der Waals surface area contributed by atoms with Gasteiger partial charge in [0.25, 0.3) is 0 Å². The van der Waals surface area contributed by atoms with Crippen molar-refractivity contribution in [2.24, 2.45) is 0 Å². The molecule has 0 saturated carbocycles. The molecule has 0 amide bonds. The lowest BCUT2D eigenvalue weighted by atomic mass is 10.2. The second-order valence-electron chi connectivity index (χ2n) is 5.76. The molecular weight excluding hydrogens is 304 g/mol. The van der Waals surface area contributed by atoms with Gasteiger partial charge in [-0.05, 0) is 32.4 Å². The van der Waals surface area contributed by atoms with Crippen LogP contribution in [0.2, 0.25) is 0 Å². The minimum absolute atomic E-state index is 0.124. The van der Waals surface area contributed by atoms with Crippen LogP contribution < -0.4 is 14.8 Å². The fourth-order valence-corrected chi connectivity index (χ4v) is 4.69. The molecule has 0 bridgehead atoms. The number of rotatable bonds is 4. The molecule has 1 saturated heterocycles. The fourth-order valence-electron chi connectivity index (χ4n) is 2.85. The summed E-state index contributed by atoms with van der Waals surface area (Å²) in [5.41, 5.74) is 0.650. The molecule has 0 radical (unpaired) electrons. The Morgan fingerprint density at radius 1 is 1.09 bits per heavy atom.